The van der Waals surface area contributed by atoms with Gasteiger partial charge >= 0.3 is 19.5 Å². The Balaban J connectivity index is 0.00000341. The monoisotopic (exact) mass is 465 g/mol. The van der Waals surface area contributed by atoms with E-state index in [0.29, 0.717) is 33.9 Å². The molecule has 31 heavy (non-hydrogen) atoms. The van der Waals surface area contributed by atoms with E-state index in [1.165, 1.54) is 12.4 Å². The molecule has 0 saturated carbocycles. The summed E-state index contributed by atoms with van der Waals surface area (Å²) < 4.78 is 0. The SMILES string of the molecule is CC(=NNC(=O)c1cccnc1)c1cccc(C(C)=NNC(=O)c2cccnc2)n1.[Zn+2]. The van der Waals surface area contributed by atoms with Gasteiger partial charge < -0.3 is 0 Å². The molecule has 0 aromatic carbocycles. The largest absolute Gasteiger partial charge is 2.00 e. The summed E-state index contributed by atoms with van der Waals surface area (Å²) in [4.78, 5) is 36.4. The van der Waals surface area contributed by atoms with E-state index in [9.17, 15) is 9.59 Å². The van der Waals surface area contributed by atoms with E-state index < -0.39 is 0 Å². The molecule has 3 rings (SSSR count). The topological polar surface area (TPSA) is 122 Å². The number of aromatic nitrogens is 3. The van der Waals surface area contributed by atoms with Crippen LogP contribution in [-0.2, 0) is 19.5 Å². The first-order valence-electron chi connectivity index (χ1n) is 9.01. The van der Waals surface area contributed by atoms with Gasteiger partial charge in [-0.15, -0.1) is 0 Å². The van der Waals surface area contributed by atoms with Gasteiger partial charge in [-0.1, -0.05) is 6.07 Å². The molecule has 0 aliphatic rings. The molecule has 2 N–H and O–H groups in total. The summed E-state index contributed by atoms with van der Waals surface area (Å²) in [6.45, 7) is 3.46. The molecule has 0 atom stereocenters. The number of amides is 2. The van der Waals surface area contributed by atoms with E-state index in [2.05, 4.69) is 36.0 Å². The second kappa shape index (κ2) is 11.5. The molecule has 3 aromatic rings. The minimum atomic E-state index is -0.366. The van der Waals surface area contributed by atoms with Gasteiger partial charge in [0.1, 0.15) is 0 Å². The van der Waals surface area contributed by atoms with Crippen molar-refractivity contribution in [2.75, 3.05) is 0 Å². The summed E-state index contributed by atoms with van der Waals surface area (Å²) in [5.41, 5.74) is 7.93. The van der Waals surface area contributed by atoms with E-state index in [-0.39, 0.29) is 31.3 Å². The van der Waals surface area contributed by atoms with Crippen LogP contribution in [0.3, 0.4) is 0 Å². The van der Waals surface area contributed by atoms with E-state index in [4.69, 9.17) is 0 Å². The van der Waals surface area contributed by atoms with Gasteiger partial charge in [0.15, 0.2) is 0 Å². The maximum atomic E-state index is 12.1. The van der Waals surface area contributed by atoms with Crippen LogP contribution in [0.25, 0.3) is 0 Å². The van der Waals surface area contributed by atoms with E-state index in [1.54, 1.807) is 68.7 Å². The van der Waals surface area contributed by atoms with Crippen molar-refractivity contribution in [3.8, 4) is 0 Å². The first-order chi connectivity index (χ1) is 14.5. The Hall–Kier alpha value is -3.65. The Kier molecular flexibility index (Phi) is 8.78. The molecule has 0 saturated heterocycles. The van der Waals surface area contributed by atoms with Crippen LogP contribution in [0.15, 0.2) is 77.5 Å². The zero-order chi connectivity index (χ0) is 21.3. The maximum Gasteiger partial charge on any atom is 2.00 e. The van der Waals surface area contributed by atoms with Gasteiger partial charge in [0, 0.05) is 24.8 Å². The fourth-order valence-electron chi connectivity index (χ4n) is 2.34. The third-order valence-corrected chi connectivity index (χ3v) is 3.99. The predicted octanol–water partition coefficient (Wildman–Crippen LogP) is 2.18. The third-order valence-electron chi connectivity index (χ3n) is 3.99. The molecular weight excluding hydrogens is 448 g/mol. The molecule has 0 bridgehead atoms. The summed E-state index contributed by atoms with van der Waals surface area (Å²) in [5.74, 6) is -0.732. The van der Waals surface area contributed by atoms with Crippen LogP contribution in [0.2, 0.25) is 0 Å². The van der Waals surface area contributed by atoms with Crippen LogP contribution in [0, 0.1) is 0 Å². The van der Waals surface area contributed by atoms with Crippen molar-refractivity contribution in [3.05, 3.63) is 89.8 Å². The smallest absolute Gasteiger partial charge is 0.267 e. The summed E-state index contributed by atoms with van der Waals surface area (Å²) in [7, 11) is 0. The quantitative estimate of drug-likeness (QED) is 0.327. The van der Waals surface area contributed by atoms with Crippen molar-refractivity contribution >= 4 is 23.2 Å². The number of nitrogens with zero attached hydrogens (tertiary/aromatic N) is 5. The molecule has 10 heteroatoms. The van der Waals surface area contributed by atoms with E-state index in [0.717, 1.165) is 0 Å². The van der Waals surface area contributed by atoms with Gasteiger partial charge in [-0.3, -0.25) is 19.6 Å². The summed E-state index contributed by atoms with van der Waals surface area (Å²) in [5, 5.41) is 8.19. The molecule has 0 fully saturated rings. The molecule has 9 nitrogen and oxygen atoms in total. The Morgan fingerprint density at radius 3 is 1.58 bits per heavy atom. The molecule has 0 aliphatic heterocycles. The molecule has 3 heterocycles. The predicted molar refractivity (Wildman–Crippen MR) is 112 cm³/mol. The fourth-order valence-corrected chi connectivity index (χ4v) is 2.34. The zero-order valence-electron chi connectivity index (χ0n) is 17.1. The summed E-state index contributed by atoms with van der Waals surface area (Å²) in [6, 6.07) is 12.0. The van der Waals surface area contributed by atoms with Gasteiger partial charge in [0.2, 0.25) is 0 Å². The van der Waals surface area contributed by atoms with Crippen molar-refractivity contribution in [2.24, 2.45) is 10.2 Å². The molecule has 150 valence electrons. The van der Waals surface area contributed by atoms with Crippen LogP contribution in [-0.4, -0.2) is 38.2 Å². The Labute approximate surface area is 191 Å². The van der Waals surface area contributed by atoms with Crippen LogP contribution < -0.4 is 10.9 Å². The van der Waals surface area contributed by atoms with Crippen LogP contribution in [0.1, 0.15) is 46.0 Å². The minimum absolute atomic E-state index is 0. The van der Waals surface area contributed by atoms with Crippen molar-refractivity contribution in [1.29, 1.82) is 0 Å². The zero-order valence-corrected chi connectivity index (χ0v) is 20.1. The van der Waals surface area contributed by atoms with Crippen LogP contribution in [0.5, 0.6) is 0 Å². The van der Waals surface area contributed by atoms with Crippen molar-refractivity contribution in [3.63, 3.8) is 0 Å². The van der Waals surface area contributed by atoms with Gasteiger partial charge in [-0.05, 0) is 50.2 Å². The average Bonchev–Trinajstić information content (AvgIpc) is 2.81. The van der Waals surface area contributed by atoms with Gasteiger partial charge in [0.25, 0.3) is 11.8 Å². The number of hydrazone groups is 2. The van der Waals surface area contributed by atoms with Gasteiger partial charge in [0.05, 0.1) is 33.9 Å². The van der Waals surface area contributed by atoms with E-state index >= 15 is 0 Å². The number of nitrogens with one attached hydrogen (secondary N) is 2. The molecule has 3 aromatic heterocycles. The van der Waals surface area contributed by atoms with Gasteiger partial charge in [-0.25, -0.2) is 15.8 Å². The fraction of sp³-hybridized carbons (Fsp3) is 0.0952. The second-order valence-corrected chi connectivity index (χ2v) is 6.17. The number of pyridine rings is 3. The summed E-state index contributed by atoms with van der Waals surface area (Å²) in [6.07, 6.45) is 6.09. The minimum Gasteiger partial charge on any atom is -0.267 e. The molecule has 0 spiro atoms. The third kappa shape index (κ3) is 6.68. The normalized spacial score (nSPS) is 11.3. The van der Waals surface area contributed by atoms with Crippen molar-refractivity contribution in [1.82, 2.24) is 25.8 Å². The number of hydrogen-bond donors (Lipinski definition) is 2. The number of carbonyl (C=O) groups is 2. The summed E-state index contributed by atoms with van der Waals surface area (Å²) >= 11 is 0. The molecule has 0 unspecified atom stereocenters. The number of hydrogen-bond acceptors (Lipinski definition) is 7. The first-order valence-corrected chi connectivity index (χ1v) is 9.01. The van der Waals surface area contributed by atoms with Gasteiger partial charge in [-0.2, -0.15) is 10.2 Å². The molecule has 0 aliphatic carbocycles. The first kappa shape index (κ1) is 23.6. The molecule has 2 amide bonds. The average molecular weight is 467 g/mol. The second-order valence-electron chi connectivity index (χ2n) is 6.17. The Bertz CT molecular complexity index is 1020. The number of rotatable bonds is 6. The van der Waals surface area contributed by atoms with E-state index in [1.807, 2.05) is 0 Å². The molecular formula is C21H19N7O2Zn+2. The molecule has 0 radical (unpaired) electrons. The van der Waals surface area contributed by atoms with Crippen molar-refractivity contribution in [2.45, 2.75) is 13.8 Å². The Morgan fingerprint density at radius 2 is 1.19 bits per heavy atom. The maximum absolute atomic E-state index is 12.1. The van der Waals surface area contributed by atoms with Crippen LogP contribution in [0.4, 0.5) is 0 Å². The Morgan fingerprint density at radius 1 is 0.742 bits per heavy atom. The number of carbonyl (C=O) groups excluding carboxylic acids is 2. The van der Waals surface area contributed by atoms with Crippen LogP contribution >= 0.6 is 0 Å². The van der Waals surface area contributed by atoms with Crippen molar-refractivity contribution < 1.29 is 29.1 Å². The standard InChI is InChI=1S/C21H19N7O2.Zn/c1-14(25-27-20(29)16-6-4-10-22-12-16)18-8-3-9-19(24-18)15(2)26-28-21(30)17-7-5-11-23-13-17;/h3-13H,1-2H3,(H,27,29)(H,28,30);/q;+2.